The van der Waals surface area contributed by atoms with Crippen molar-refractivity contribution in [1.29, 1.82) is 0 Å². The number of rotatable bonds is 4. The molecule has 1 aromatic rings. The summed E-state index contributed by atoms with van der Waals surface area (Å²) in [6.45, 7) is 0.290. The van der Waals surface area contributed by atoms with Crippen LogP contribution in [0.3, 0.4) is 0 Å². The lowest BCUT2D eigenvalue weighted by Gasteiger charge is -2.25. The number of carboxylic acid groups (broad SMARTS) is 1. The lowest BCUT2D eigenvalue weighted by atomic mass is 10.1. The molecule has 1 aliphatic heterocycles. The molecule has 1 fully saturated rings. The Kier molecular flexibility index (Phi) is 3.84. The van der Waals surface area contributed by atoms with Crippen LogP contribution in [-0.2, 0) is 0 Å². The van der Waals surface area contributed by atoms with Crippen molar-refractivity contribution in [3.8, 4) is 0 Å². The molecule has 2 rings (SSSR count). The molecule has 0 radical (unpaired) electrons. The van der Waals surface area contributed by atoms with Gasteiger partial charge in [0.1, 0.15) is 5.56 Å². The van der Waals surface area contributed by atoms with Crippen LogP contribution in [0.15, 0.2) is 12.1 Å². The van der Waals surface area contributed by atoms with E-state index in [1.54, 1.807) is 4.90 Å². The molecule has 2 N–H and O–H groups in total. The lowest BCUT2D eigenvalue weighted by Crippen LogP contribution is -2.33. The van der Waals surface area contributed by atoms with E-state index in [2.05, 4.69) is 0 Å². The lowest BCUT2D eigenvalue weighted by molar-refractivity contribution is -0.385. The Bertz CT molecular complexity index is 563. The molecule has 0 amide bonds. The van der Waals surface area contributed by atoms with Gasteiger partial charge in [-0.2, -0.15) is 0 Å². The molecule has 20 heavy (non-hydrogen) atoms. The van der Waals surface area contributed by atoms with Gasteiger partial charge in [-0.15, -0.1) is 0 Å². The van der Waals surface area contributed by atoms with Gasteiger partial charge in [0.15, 0.2) is 5.82 Å². The van der Waals surface area contributed by atoms with E-state index in [0.717, 1.165) is 12.5 Å². The predicted octanol–water partition coefficient (Wildman–Crippen LogP) is 1.39. The Balaban J connectivity index is 2.52. The maximum atomic E-state index is 14.0. The van der Waals surface area contributed by atoms with Crippen LogP contribution in [0.5, 0.6) is 0 Å². The third kappa shape index (κ3) is 2.42. The van der Waals surface area contributed by atoms with Crippen molar-refractivity contribution >= 4 is 17.3 Å². The van der Waals surface area contributed by atoms with Gasteiger partial charge in [0, 0.05) is 6.54 Å². The number of carboxylic acids is 1. The third-order valence-corrected chi connectivity index (χ3v) is 3.39. The summed E-state index contributed by atoms with van der Waals surface area (Å²) in [7, 11) is 0. The van der Waals surface area contributed by atoms with Gasteiger partial charge in [-0.1, -0.05) is 0 Å². The van der Waals surface area contributed by atoms with Crippen LogP contribution in [-0.4, -0.2) is 40.3 Å². The first kappa shape index (κ1) is 14.2. The number of aliphatic hydroxyl groups excluding tert-OH is 1. The number of benzene rings is 1. The van der Waals surface area contributed by atoms with Gasteiger partial charge < -0.3 is 15.1 Å². The van der Waals surface area contributed by atoms with Crippen molar-refractivity contribution < 1.29 is 24.3 Å². The van der Waals surface area contributed by atoms with Crippen molar-refractivity contribution in [3.05, 3.63) is 33.6 Å². The normalized spacial score (nSPS) is 18.3. The van der Waals surface area contributed by atoms with Gasteiger partial charge in [0.05, 0.1) is 29.3 Å². The topological polar surface area (TPSA) is 104 Å². The zero-order chi connectivity index (χ0) is 14.9. The molecular formula is C12H13FN2O5. The second kappa shape index (κ2) is 5.41. The van der Waals surface area contributed by atoms with E-state index >= 15 is 0 Å². The van der Waals surface area contributed by atoms with Crippen LogP contribution in [0.25, 0.3) is 0 Å². The maximum Gasteiger partial charge on any atom is 0.342 e. The molecule has 1 unspecified atom stereocenters. The monoisotopic (exact) mass is 284 g/mol. The molecule has 108 valence electrons. The number of anilines is 1. The van der Waals surface area contributed by atoms with Gasteiger partial charge in [-0.05, 0) is 18.9 Å². The van der Waals surface area contributed by atoms with Crippen molar-refractivity contribution in [1.82, 2.24) is 0 Å². The van der Waals surface area contributed by atoms with Gasteiger partial charge >= 0.3 is 5.97 Å². The molecule has 0 spiro atoms. The SMILES string of the molecule is O=C(O)c1cc(N2CCCC2CO)c(F)cc1[N+](=O)[O-]. The van der Waals surface area contributed by atoms with Crippen LogP contribution in [0.1, 0.15) is 23.2 Å². The summed E-state index contributed by atoms with van der Waals surface area (Å²) in [6.07, 6.45) is 1.40. The van der Waals surface area contributed by atoms with E-state index in [1.807, 2.05) is 0 Å². The van der Waals surface area contributed by atoms with Gasteiger partial charge in [-0.25, -0.2) is 9.18 Å². The first-order valence-corrected chi connectivity index (χ1v) is 6.04. The second-order valence-corrected chi connectivity index (χ2v) is 4.56. The van der Waals surface area contributed by atoms with Crippen molar-refractivity contribution in [2.24, 2.45) is 0 Å². The zero-order valence-corrected chi connectivity index (χ0v) is 10.5. The van der Waals surface area contributed by atoms with E-state index in [4.69, 9.17) is 5.11 Å². The molecular weight excluding hydrogens is 271 g/mol. The van der Waals surface area contributed by atoms with Gasteiger partial charge in [0.2, 0.25) is 0 Å². The first-order valence-electron chi connectivity index (χ1n) is 6.04. The maximum absolute atomic E-state index is 14.0. The predicted molar refractivity (Wildman–Crippen MR) is 67.5 cm³/mol. The minimum Gasteiger partial charge on any atom is -0.477 e. The van der Waals surface area contributed by atoms with E-state index in [-0.39, 0.29) is 18.3 Å². The fourth-order valence-corrected chi connectivity index (χ4v) is 2.44. The molecule has 1 aliphatic rings. The van der Waals surface area contributed by atoms with Crippen molar-refractivity contribution in [3.63, 3.8) is 0 Å². The van der Waals surface area contributed by atoms with E-state index < -0.39 is 28.0 Å². The molecule has 1 aromatic carbocycles. The summed E-state index contributed by atoms with van der Waals surface area (Å²) >= 11 is 0. The number of nitro benzene ring substituents is 1. The number of carbonyl (C=O) groups is 1. The molecule has 0 aromatic heterocycles. The van der Waals surface area contributed by atoms with Crippen molar-refractivity contribution in [2.45, 2.75) is 18.9 Å². The number of nitrogens with zero attached hydrogens (tertiary/aromatic N) is 2. The highest BCUT2D eigenvalue weighted by atomic mass is 19.1. The largest absolute Gasteiger partial charge is 0.477 e. The third-order valence-electron chi connectivity index (χ3n) is 3.39. The molecule has 8 heteroatoms. The van der Waals surface area contributed by atoms with Crippen LogP contribution < -0.4 is 4.90 Å². The number of aliphatic hydroxyl groups is 1. The Labute approximate surface area is 113 Å². The van der Waals surface area contributed by atoms with Crippen LogP contribution in [0, 0.1) is 15.9 Å². The minimum atomic E-state index is -1.49. The minimum absolute atomic E-state index is 0.0236. The molecule has 1 atom stereocenters. The molecule has 0 bridgehead atoms. The molecule has 7 nitrogen and oxygen atoms in total. The summed E-state index contributed by atoms with van der Waals surface area (Å²) in [5.74, 6) is -2.35. The van der Waals surface area contributed by atoms with E-state index in [9.17, 15) is 24.4 Å². The first-order chi connectivity index (χ1) is 9.45. The Morgan fingerprint density at radius 1 is 1.55 bits per heavy atom. The number of nitro groups is 1. The van der Waals surface area contributed by atoms with Crippen LogP contribution in [0.4, 0.5) is 15.8 Å². The number of hydrogen-bond acceptors (Lipinski definition) is 5. The van der Waals surface area contributed by atoms with E-state index in [0.29, 0.717) is 19.0 Å². The van der Waals surface area contributed by atoms with Crippen LogP contribution >= 0.6 is 0 Å². The molecule has 0 saturated carbocycles. The highest BCUT2D eigenvalue weighted by molar-refractivity contribution is 5.93. The standard InChI is InChI=1S/C12H13FN2O5/c13-9-5-10(15(19)20)8(12(17)18)4-11(9)14-3-1-2-7(14)6-16/h4-5,7,16H,1-3,6H2,(H,17,18). The molecule has 0 aliphatic carbocycles. The summed E-state index contributed by atoms with van der Waals surface area (Å²) < 4.78 is 14.0. The van der Waals surface area contributed by atoms with Crippen molar-refractivity contribution in [2.75, 3.05) is 18.1 Å². The fraction of sp³-hybridized carbons (Fsp3) is 0.417. The Hall–Kier alpha value is -2.22. The Morgan fingerprint density at radius 2 is 2.25 bits per heavy atom. The van der Waals surface area contributed by atoms with E-state index in [1.165, 1.54) is 0 Å². The summed E-state index contributed by atoms with van der Waals surface area (Å²) in [6, 6.07) is 1.28. The van der Waals surface area contributed by atoms with Gasteiger partial charge in [-0.3, -0.25) is 10.1 Å². The quantitative estimate of drug-likeness (QED) is 0.639. The highest BCUT2D eigenvalue weighted by Crippen LogP contribution is 2.32. The fourth-order valence-electron chi connectivity index (χ4n) is 2.44. The van der Waals surface area contributed by atoms with Gasteiger partial charge in [0.25, 0.3) is 5.69 Å². The van der Waals surface area contributed by atoms with Crippen LogP contribution in [0.2, 0.25) is 0 Å². The number of aromatic carboxylic acids is 1. The average molecular weight is 284 g/mol. The summed E-state index contributed by atoms with van der Waals surface area (Å²) in [5.41, 5.74) is -1.36. The Morgan fingerprint density at radius 3 is 2.80 bits per heavy atom. The second-order valence-electron chi connectivity index (χ2n) is 4.56. The number of hydrogen-bond donors (Lipinski definition) is 2. The average Bonchev–Trinajstić information content (AvgIpc) is 2.85. The molecule has 1 saturated heterocycles. The summed E-state index contributed by atoms with van der Waals surface area (Å²) in [5, 5.41) is 29.0. The number of halogens is 1. The molecule has 1 heterocycles. The summed E-state index contributed by atoms with van der Waals surface area (Å²) in [4.78, 5) is 22.4. The highest BCUT2D eigenvalue weighted by Gasteiger charge is 2.30. The smallest absolute Gasteiger partial charge is 0.342 e. The zero-order valence-electron chi connectivity index (χ0n) is 10.5.